The number of anilines is 1. The second-order valence-electron chi connectivity index (χ2n) is 5.55. The zero-order valence-electron chi connectivity index (χ0n) is 10.8. The van der Waals surface area contributed by atoms with Crippen LogP contribution in [0.3, 0.4) is 0 Å². The zero-order valence-corrected chi connectivity index (χ0v) is 10.8. The molecule has 4 heteroatoms. The van der Waals surface area contributed by atoms with E-state index in [-0.39, 0.29) is 5.56 Å². The van der Waals surface area contributed by atoms with Crippen molar-refractivity contribution in [2.45, 2.75) is 63.5 Å². The molecule has 0 unspecified atom stereocenters. The van der Waals surface area contributed by atoms with Crippen LogP contribution >= 0.6 is 0 Å². The number of nitrogens with zero attached hydrogens (tertiary/aromatic N) is 2. The number of hydrogen-bond acceptors (Lipinski definition) is 3. The molecular formula is C14H21N3O. The highest BCUT2D eigenvalue weighted by molar-refractivity contribution is 5.32. The van der Waals surface area contributed by atoms with E-state index in [0.29, 0.717) is 17.9 Å². The Balaban J connectivity index is 1.75. The van der Waals surface area contributed by atoms with Crippen LogP contribution in [0.5, 0.6) is 0 Å². The summed E-state index contributed by atoms with van der Waals surface area (Å²) in [5.74, 6) is 0.552. The average molecular weight is 247 g/mol. The van der Waals surface area contributed by atoms with E-state index >= 15 is 0 Å². The lowest BCUT2D eigenvalue weighted by Gasteiger charge is -2.16. The van der Waals surface area contributed by atoms with Gasteiger partial charge in [0, 0.05) is 24.5 Å². The van der Waals surface area contributed by atoms with Gasteiger partial charge in [0.25, 0.3) is 5.56 Å². The van der Waals surface area contributed by atoms with Crippen LogP contribution in [0.15, 0.2) is 17.2 Å². The molecule has 0 bridgehead atoms. The number of rotatable bonds is 3. The monoisotopic (exact) mass is 247 g/mol. The molecule has 4 nitrogen and oxygen atoms in total. The highest BCUT2D eigenvalue weighted by atomic mass is 16.1. The van der Waals surface area contributed by atoms with Crippen LogP contribution in [0.2, 0.25) is 0 Å². The van der Waals surface area contributed by atoms with E-state index in [1.54, 1.807) is 6.20 Å². The summed E-state index contributed by atoms with van der Waals surface area (Å²) in [5.41, 5.74) is 0.0595. The van der Waals surface area contributed by atoms with Crippen molar-refractivity contribution in [3.8, 4) is 0 Å². The van der Waals surface area contributed by atoms with Crippen molar-refractivity contribution < 1.29 is 0 Å². The summed E-state index contributed by atoms with van der Waals surface area (Å²) in [4.78, 5) is 16.5. The molecule has 1 aromatic heterocycles. The molecule has 0 aromatic carbocycles. The standard InChI is InChI=1S/C14H21N3O/c18-14-13(15-9-10-17(14)12-7-8-12)16-11-5-3-1-2-4-6-11/h9-12H,1-8H2,(H,15,16). The predicted octanol–water partition coefficient (Wildman–Crippen LogP) is 2.71. The molecule has 18 heavy (non-hydrogen) atoms. The van der Waals surface area contributed by atoms with E-state index in [0.717, 1.165) is 12.8 Å². The normalized spacial score (nSPS) is 21.6. The van der Waals surface area contributed by atoms with Gasteiger partial charge in [0.05, 0.1) is 0 Å². The summed E-state index contributed by atoms with van der Waals surface area (Å²) in [5, 5.41) is 3.37. The smallest absolute Gasteiger partial charge is 0.293 e. The quantitative estimate of drug-likeness (QED) is 0.835. The van der Waals surface area contributed by atoms with Gasteiger partial charge in [-0.05, 0) is 25.7 Å². The highest BCUT2D eigenvalue weighted by Crippen LogP contribution is 2.33. The first-order chi connectivity index (χ1) is 8.84. The Hall–Kier alpha value is -1.32. The van der Waals surface area contributed by atoms with Gasteiger partial charge in [0.15, 0.2) is 5.82 Å². The third kappa shape index (κ3) is 2.57. The Bertz CT molecular complexity index is 456. The second kappa shape index (κ2) is 5.12. The van der Waals surface area contributed by atoms with E-state index in [1.807, 2.05) is 10.8 Å². The fraction of sp³-hybridized carbons (Fsp3) is 0.714. The Labute approximate surface area is 107 Å². The van der Waals surface area contributed by atoms with Crippen LogP contribution in [0, 0.1) is 0 Å². The molecule has 0 aliphatic heterocycles. The maximum absolute atomic E-state index is 12.2. The van der Waals surface area contributed by atoms with Crippen molar-refractivity contribution in [1.29, 1.82) is 0 Å². The molecule has 3 rings (SSSR count). The lowest BCUT2D eigenvalue weighted by molar-refractivity contribution is 0.611. The fourth-order valence-corrected chi connectivity index (χ4v) is 2.78. The summed E-state index contributed by atoms with van der Waals surface area (Å²) in [6.45, 7) is 0. The number of hydrogen-bond donors (Lipinski definition) is 1. The highest BCUT2D eigenvalue weighted by Gasteiger charge is 2.25. The van der Waals surface area contributed by atoms with E-state index in [4.69, 9.17) is 0 Å². The molecule has 1 heterocycles. The van der Waals surface area contributed by atoms with E-state index in [2.05, 4.69) is 10.3 Å². The van der Waals surface area contributed by atoms with Crippen molar-refractivity contribution in [1.82, 2.24) is 9.55 Å². The molecule has 1 aromatic rings. The molecule has 98 valence electrons. The molecule has 0 radical (unpaired) electrons. The molecular weight excluding hydrogens is 226 g/mol. The predicted molar refractivity (Wildman–Crippen MR) is 71.9 cm³/mol. The topological polar surface area (TPSA) is 46.9 Å². The Morgan fingerprint density at radius 1 is 1.11 bits per heavy atom. The SMILES string of the molecule is O=c1c(NC2CCCCCC2)nccn1C1CC1. The van der Waals surface area contributed by atoms with Gasteiger partial charge < -0.3 is 9.88 Å². The third-order valence-corrected chi connectivity index (χ3v) is 4.00. The van der Waals surface area contributed by atoms with Crippen LogP contribution in [0.4, 0.5) is 5.82 Å². The van der Waals surface area contributed by atoms with Crippen molar-refractivity contribution in [3.05, 3.63) is 22.7 Å². The summed E-state index contributed by atoms with van der Waals surface area (Å²) >= 11 is 0. The number of nitrogens with one attached hydrogen (secondary N) is 1. The molecule has 0 amide bonds. The van der Waals surface area contributed by atoms with Gasteiger partial charge in [-0.25, -0.2) is 4.98 Å². The van der Waals surface area contributed by atoms with E-state index in [9.17, 15) is 4.79 Å². The van der Waals surface area contributed by atoms with Crippen LogP contribution in [-0.2, 0) is 0 Å². The van der Waals surface area contributed by atoms with Crippen LogP contribution in [-0.4, -0.2) is 15.6 Å². The van der Waals surface area contributed by atoms with E-state index < -0.39 is 0 Å². The Morgan fingerprint density at radius 2 is 1.83 bits per heavy atom. The lowest BCUT2D eigenvalue weighted by Crippen LogP contribution is -2.28. The maximum atomic E-state index is 12.2. The average Bonchev–Trinajstić information content (AvgIpc) is 3.18. The molecule has 2 aliphatic rings. The van der Waals surface area contributed by atoms with Gasteiger partial charge in [0.2, 0.25) is 0 Å². The van der Waals surface area contributed by atoms with Crippen molar-refractivity contribution in [2.75, 3.05) is 5.32 Å². The number of aromatic nitrogens is 2. The molecule has 1 N–H and O–H groups in total. The fourth-order valence-electron chi connectivity index (χ4n) is 2.78. The molecule has 0 atom stereocenters. The summed E-state index contributed by atoms with van der Waals surface area (Å²) in [6.07, 6.45) is 13.3. The first-order valence-electron chi connectivity index (χ1n) is 7.18. The minimum Gasteiger partial charge on any atom is -0.363 e. The molecule has 2 aliphatic carbocycles. The third-order valence-electron chi connectivity index (χ3n) is 4.00. The molecule has 0 spiro atoms. The van der Waals surface area contributed by atoms with Crippen molar-refractivity contribution >= 4 is 5.82 Å². The second-order valence-corrected chi connectivity index (χ2v) is 5.55. The summed E-state index contributed by atoms with van der Waals surface area (Å²) in [7, 11) is 0. The van der Waals surface area contributed by atoms with Crippen LogP contribution in [0.1, 0.15) is 57.4 Å². The van der Waals surface area contributed by atoms with Crippen LogP contribution in [0.25, 0.3) is 0 Å². The van der Waals surface area contributed by atoms with Gasteiger partial charge in [-0.15, -0.1) is 0 Å². The Kier molecular flexibility index (Phi) is 3.35. The van der Waals surface area contributed by atoms with Crippen molar-refractivity contribution in [3.63, 3.8) is 0 Å². The van der Waals surface area contributed by atoms with E-state index in [1.165, 1.54) is 38.5 Å². The first kappa shape index (κ1) is 11.8. The van der Waals surface area contributed by atoms with Gasteiger partial charge >= 0.3 is 0 Å². The summed E-state index contributed by atoms with van der Waals surface area (Å²) < 4.78 is 1.84. The van der Waals surface area contributed by atoms with Crippen molar-refractivity contribution in [2.24, 2.45) is 0 Å². The van der Waals surface area contributed by atoms with Gasteiger partial charge in [-0.2, -0.15) is 0 Å². The van der Waals surface area contributed by atoms with Gasteiger partial charge in [0.1, 0.15) is 0 Å². The first-order valence-corrected chi connectivity index (χ1v) is 7.18. The largest absolute Gasteiger partial charge is 0.363 e. The Morgan fingerprint density at radius 3 is 2.50 bits per heavy atom. The minimum atomic E-state index is 0.0595. The van der Waals surface area contributed by atoms with Crippen LogP contribution < -0.4 is 10.9 Å². The zero-order chi connectivity index (χ0) is 12.4. The molecule has 2 saturated carbocycles. The molecule has 0 saturated heterocycles. The maximum Gasteiger partial charge on any atom is 0.293 e. The lowest BCUT2D eigenvalue weighted by atomic mass is 10.1. The summed E-state index contributed by atoms with van der Waals surface area (Å²) in [6, 6.07) is 0.859. The minimum absolute atomic E-state index is 0.0595. The molecule has 2 fully saturated rings. The van der Waals surface area contributed by atoms with Gasteiger partial charge in [-0.1, -0.05) is 25.7 Å². The van der Waals surface area contributed by atoms with Gasteiger partial charge in [-0.3, -0.25) is 4.79 Å².